The Morgan fingerprint density at radius 1 is 1.31 bits per heavy atom. The Morgan fingerprint density at radius 2 is 1.96 bits per heavy atom. The summed E-state index contributed by atoms with van der Waals surface area (Å²) in [4.78, 5) is 11.4. The van der Waals surface area contributed by atoms with Gasteiger partial charge in [-0.2, -0.15) is 0 Å². The molecule has 0 aliphatic rings. The predicted octanol–water partition coefficient (Wildman–Crippen LogP) is 5.62. The molecule has 26 heavy (non-hydrogen) atoms. The van der Waals surface area contributed by atoms with Crippen molar-refractivity contribution >= 4 is 35.6 Å². The highest BCUT2D eigenvalue weighted by atomic mass is 32.1. The maximum Gasteiger partial charge on any atom is 0.303 e. The van der Waals surface area contributed by atoms with E-state index >= 15 is 0 Å². The van der Waals surface area contributed by atoms with Gasteiger partial charge in [0, 0.05) is 13.0 Å². The minimum Gasteiger partial charge on any atom is -0.493 e. The largest absolute Gasteiger partial charge is 0.493 e. The van der Waals surface area contributed by atoms with Crippen LogP contribution >= 0.6 is 23.6 Å². The molecule has 1 aromatic heterocycles. The molecule has 0 radical (unpaired) electrons. The van der Waals surface area contributed by atoms with Gasteiger partial charge in [0.15, 0.2) is 3.95 Å². The van der Waals surface area contributed by atoms with Crippen molar-refractivity contribution < 1.29 is 15.0 Å². The molecule has 0 fully saturated rings. The monoisotopic (exact) mass is 391 g/mol. The summed E-state index contributed by atoms with van der Waals surface area (Å²) in [5, 5.41) is 19.1. The molecule has 0 bridgehead atoms. The molecular weight excluding hydrogens is 366 g/mol. The van der Waals surface area contributed by atoms with Crippen LogP contribution in [0.25, 0.3) is 6.08 Å². The molecule has 2 N–H and O–H groups in total. The Balaban J connectivity index is 2.10. The molecule has 0 aliphatic heterocycles. The molecule has 4 nitrogen and oxygen atoms in total. The Hall–Kier alpha value is -1.92. The first-order valence-corrected chi connectivity index (χ1v) is 9.90. The third-order valence-corrected chi connectivity index (χ3v) is 5.56. The first-order chi connectivity index (χ1) is 12.3. The van der Waals surface area contributed by atoms with Gasteiger partial charge in [0.05, 0.1) is 4.88 Å². The Labute approximate surface area is 163 Å². The van der Waals surface area contributed by atoms with Gasteiger partial charge >= 0.3 is 5.97 Å². The molecule has 0 amide bonds. The van der Waals surface area contributed by atoms with E-state index in [-0.39, 0.29) is 12.3 Å². The number of aromatic hydroxyl groups is 1. The van der Waals surface area contributed by atoms with Crippen LogP contribution in [0.4, 0.5) is 0 Å². The van der Waals surface area contributed by atoms with Gasteiger partial charge in [-0.25, -0.2) is 0 Å². The number of aromatic nitrogens is 1. The van der Waals surface area contributed by atoms with Gasteiger partial charge in [0.2, 0.25) is 5.88 Å². The highest BCUT2D eigenvalue weighted by Gasteiger charge is 2.11. The van der Waals surface area contributed by atoms with Gasteiger partial charge in [-0.15, -0.1) is 11.3 Å². The van der Waals surface area contributed by atoms with E-state index in [2.05, 4.69) is 38.1 Å². The van der Waals surface area contributed by atoms with Crippen molar-refractivity contribution in [3.05, 3.63) is 49.8 Å². The summed E-state index contributed by atoms with van der Waals surface area (Å²) in [6.45, 7) is 6.81. The number of carboxylic acids is 1. The maximum atomic E-state index is 10.6. The van der Waals surface area contributed by atoms with Gasteiger partial charge in [-0.3, -0.25) is 9.36 Å². The predicted molar refractivity (Wildman–Crippen MR) is 110 cm³/mol. The summed E-state index contributed by atoms with van der Waals surface area (Å²) in [7, 11) is 0. The number of benzene rings is 1. The Morgan fingerprint density at radius 3 is 2.54 bits per heavy atom. The molecular formula is C20H25NO3S2. The molecule has 1 aromatic carbocycles. The Bertz CT molecular complexity index is 845. The molecule has 6 heteroatoms. The second-order valence-electron chi connectivity index (χ2n) is 6.77. The molecule has 140 valence electrons. The normalized spacial score (nSPS) is 11.9. The van der Waals surface area contributed by atoms with E-state index in [4.69, 9.17) is 17.3 Å². The highest BCUT2D eigenvalue weighted by molar-refractivity contribution is 7.73. The zero-order chi connectivity index (χ0) is 19.3. The van der Waals surface area contributed by atoms with E-state index in [1.54, 1.807) is 4.57 Å². The van der Waals surface area contributed by atoms with Gasteiger partial charge < -0.3 is 10.2 Å². The van der Waals surface area contributed by atoms with Gasteiger partial charge in [0.1, 0.15) is 0 Å². The number of rotatable bonds is 8. The number of hydrogen-bond acceptors (Lipinski definition) is 4. The van der Waals surface area contributed by atoms with Crippen molar-refractivity contribution in [2.45, 2.75) is 52.5 Å². The highest BCUT2D eigenvalue weighted by Crippen LogP contribution is 2.29. The van der Waals surface area contributed by atoms with Crippen molar-refractivity contribution in [1.29, 1.82) is 0 Å². The number of thiazole rings is 1. The minimum atomic E-state index is -0.842. The molecule has 2 aromatic rings. The van der Waals surface area contributed by atoms with Crippen molar-refractivity contribution in [2.24, 2.45) is 0 Å². The first-order valence-electron chi connectivity index (χ1n) is 8.68. The van der Waals surface area contributed by atoms with Crippen LogP contribution in [0.1, 0.15) is 55.5 Å². The fraction of sp³-hybridized carbons (Fsp3) is 0.400. The minimum absolute atomic E-state index is 0.0631. The lowest BCUT2D eigenvalue weighted by Crippen LogP contribution is -2.01. The lowest BCUT2D eigenvalue weighted by Gasteiger charge is -2.07. The lowest BCUT2D eigenvalue weighted by molar-refractivity contribution is -0.137. The topological polar surface area (TPSA) is 62.5 Å². The number of nitrogens with zero attached hydrogens (tertiary/aromatic N) is 1. The number of allylic oxidation sites excluding steroid dienone is 1. The molecule has 0 aliphatic carbocycles. The molecule has 0 spiro atoms. The molecule has 1 heterocycles. The van der Waals surface area contributed by atoms with E-state index in [9.17, 15) is 9.90 Å². The average Bonchev–Trinajstić information content (AvgIpc) is 2.82. The standard InChI is InChI=1S/C20H25NO3S2/c1-13(2)16-8-6-15(7-9-16)11-14(3)12-17-19(24)21(20(25)26-17)10-4-5-18(22)23/h6-9,12-13,24H,4-5,10-11H2,1-3H3,(H,22,23). The van der Waals surface area contributed by atoms with Crippen LogP contribution < -0.4 is 0 Å². The summed E-state index contributed by atoms with van der Waals surface area (Å²) in [6, 6.07) is 8.61. The zero-order valence-electron chi connectivity index (χ0n) is 15.4. The average molecular weight is 392 g/mol. The van der Waals surface area contributed by atoms with Crippen molar-refractivity contribution in [1.82, 2.24) is 4.57 Å². The van der Waals surface area contributed by atoms with Crippen LogP contribution in [-0.2, 0) is 17.8 Å². The molecule has 0 atom stereocenters. The number of carboxylic acid groups (broad SMARTS) is 1. The fourth-order valence-electron chi connectivity index (χ4n) is 2.71. The number of hydrogen-bond donors (Lipinski definition) is 2. The summed E-state index contributed by atoms with van der Waals surface area (Å²) in [6.07, 6.45) is 3.27. The van der Waals surface area contributed by atoms with E-state index in [1.165, 1.54) is 22.5 Å². The molecule has 0 unspecified atom stereocenters. The number of carbonyl (C=O) groups is 1. The van der Waals surface area contributed by atoms with Crippen molar-refractivity contribution in [2.75, 3.05) is 0 Å². The second kappa shape index (κ2) is 9.14. The van der Waals surface area contributed by atoms with Crippen LogP contribution in [0.2, 0.25) is 0 Å². The van der Waals surface area contributed by atoms with E-state index in [0.717, 1.165) is 16.9 Å². The fourth-order valence-corrected chi connectivity index (χ4v) is 4.10. The van der Waals surface area contributed by atoms with Gasteiger partial charge in [-0.05, 0) is 55.1 Å². The second-order valence-corrected chi connectivity index (χ2v) is 8.44. The number of aliphatic carboxylic acids is 1. The molecule has 0 saturated carbocycles. The van der Waals surface area contributed by atoms with Crippen LogP contribution in [0.3, 0.4) is 0 Å². The van der Waals surface area contributed by atoms with E-state index in [0.29, 0.717) is 22.8 Å². The van der Waals surface area contributed by atoms with Gasteiger partial charge in [-0.1, -0.05) is 43.7 Å². The Kier molecular flexibility index (Phi) is 7.17. The third kappa shape index (κ3) is 5.54. The first kappa shape index (κ1) is 20.4. The van der Waals surface area contributed by atoms with E-state index < -0.39 is 5.97 Å². The van der Waals surface area contributed by atoms with Crippen LogP contribution in [0, 0.1) is 3.95 Å². The van der Waals surface area contributed by atoms with Crippen LogP contribution in [-0.4, -0.2) is 20.7 Å². The maximum absolute atomic E-state index is 10.6. The smallest absolute Gasteiger partial charge is 0.303 e. The van der Waals surface area contributed by atoms with Crippen LogP contribution in [0.15, 0.2) is 29.8 Å². The van der Waals surface area contributed by atoms with Crippen LogP contribution in [0.5, 0.6) is 5.88 Å². The van der Waals surface area contributed by atoms with Gasteiger partial charge in [0.25, 0.3) is 0 Å². The van der Waals surface area contributed by atoms with E-state index in [1.807, 2.05) is 13.0 Å². The van der Waals surface area contributed by atoms with Crippen molar-refractivity contribution in [3.8, 4) is 5.88 Å². The molecule has 0 saturated heterocycles. The zero-order valence-corrected chi connectivity index (χ0v) is 17.0. The third-order valence-electron chi connectivity index (χ3n) is 4.17. The summed E-state index contributed by atoms with van der Waals surface area (Å²) >= 11 is 6.65. The SMILES string of the molecule is CC(=Cc1sc(=S)n(CCCC(=O)O)c1O)Cc1ccc(C(C)C)cc1. The molecule has 2 rings (SSSR count). The summed E-state index contributed by atoms with van der Waals surface area (Å²) in [5.74, 6) is -0.198. The summed E-state index contributed by atoms with van der Waals surface area (Å²) < 4.78 is 2.17. The lowest BCUT2D eigenvalue weighted by atomic mass is 9.99. The summed E-state index contributed by atoms with van der Waals surface area (Å²) in [5.41, 5.74) is 3.68. The quantitative estimate of drug-likeness (QED) is 0.573. The van der Waals surface area contributed by atoms with Crippen molar-refractivity contribution in [3.63, 3.8) is 0 Å².